The summed E-state index contributed by atoms with van der Waals surface area (Å²) in [6.45, 7) is 4.49. The lowest BCUT2D eigenvalue weighted by Gasteiger charge is -2.18. The van der Waals surface area contributed by atoms with Crippen molar-refractivity contribution in [3.05, 3.63) is 21.1 Å². The predicted molar refractivity (Wildman–Crippen MR) is 69.7 cm³/mol. The predicted octanol–water partition coefficient (Wildman–Crippen LogP) is 2.45. The van der Waals surface area contributed by atoms with Crippen LogP contribution in [0.25, 0.3) is 0 Å². The molecule has 1 heterocycles. The Kier molecular flexibility index (Phi) is 5.07. The van der Waals surface area contributed by atoms with Crippen molar-refractivity contribution in [2.45, 2.75) is 26.4 Å². The van der Waals surface area contributed by atoms with Gasteiger partial charge in [0.1, 0.15) is 0 Å². The molecule has 0 saturated heterocycles. The minimum absolute atomic E-state index is 0.00399. The van der Waals surface area contributed by atoms with Crippen LogP contribution < -0.4 is 4.90 Å². The van der Waals surface area contributed by atoms with Crippen molar-refractivity contribution in [2.75, 3.05) is 18.0 Å². The van der Waals surface area contributed by atoms with Crippen molar-refractivity contribution >= 4 is 22.0 Å². The van der Waals surface area contributed by atoms with E-state index in [1.807, 2.05) is 13.0 Å². The molecule has 1 aromatic rings. The molecule has 6 nitrogen and oxygen atoms in total. The molecule has 0 aromatic carbocycles. The summed E-state index contributed by atoms with van der Waals surface area (Å²) in [5, 5.41) is 29.6. The molecule has 18 heavy (non-hydrogen) atoms. The van der Waals surface area contributed by atoms with E-state index < -0.39 is 11.0 Å². The Bertz CT molecular complexity index is 465. The number of nitro groups is 1. The molecule has 1 N–H and O–H groups in total. The fourth-order valence-corrected chi connectivity index (χ4v) is 2.69. The molecule has 98 valence electrons. The average molecular weight is 269 g/mol. The van der Waals surface area contributed by atoms with Gasteiger partial charge in [0.15, 0.2) is 5.00 Å². The number of aliphatic hydroxyl groups excluding tert-OH is 1. The maximum atomic E-state index is 11.0. The Labute approximate surface area is 109 Å². The van der Waals surface area contributed by atoms with Crippen LogP contribution in [0.15, 0.2) is 6.07 Å². The molecule has 0 amide bonds. The summed E-state index contributed by atoms with van der Waals surface area (Å²) in [7, 11) is 0. The zero-order chi connectivity index (χ0) is 13.7. The van der Waals surface area contributed by atoms with Gasteiger partial charge in [0.2, 0.25) is 0 Å². The van der Waals surface area contributed by atoms with E-state index in [0.717, 1.165) is 0 Å². The molecule has 1 aromatic heterocycles. The molecule has 7 heteroatoms. The molecule has 0 aliphatic heterocycles. The van der Waals surface area contributed by atoms with Gasteiger partial charge in [0.25, 0.3) is 0 Å². The number of anilines is 1. The minimum Gasteiger partial charge on any atom is -0.388 e. The van der Waals surface area contributed by atoms with Crippen LogP contribution in [-0.2, 0) is 0 Å². The summed E-state index contributed by atoms with van der Waals surface area (Å²) in [5.41, 5.74) is -0.00399. The lowest BCUT2D eigenvalue weighted by atomic mass is 10.3. The van der Waals surface area contributed by atoms with Crippen LogP contribution in [0.5, 0.6) is 0 Å². The third kappa shape index (κ3) is 3.18. The first-order valence-corrected chi connectivity index (χ1v) is 6.41. The van der Waals surface area contributed by atoms with Crippen LogP contribution in [0.2, 0.25) is 0 Å². The van der Waals surface area contributed by atoms with E-state index in [9.17, 15) is 15.2 Å². The Morgan fingerprint density at radius 3 is 2.83 bits per heavy atom. The van der Waals surface area contributed by atoms with Crippen molar-refractivity contribution in [3.8, 4) is 6.07 Å². The van der Waals surface area contributed by atoms with Gasteiger partial charge in [-0.25, -0.2) is 0 Å². The quantitative estimate of drug-likeness (QED) is 0.632. The Balaban J connectivity index is 3.11. The SMILES string of the molecule is CCN(CCC#N)c1sc([C@H](C)O)cc1[N+](=O)[O-]. The van der Waals surface area contributed by atoms with Crippen molar-refractivity contribution in [1.82, 2.24) is 0 Å². The smallest absolute Gasteiger partial charge is 0.304 e. The number of nitriles is 1. The summed E-state index contributed by atoms with van der Waals surface area (Å²) in [4.78, 5) is 12.9. The number of rotatable bonds is 6. The second-order valence-corrected chi connectivity index (χ2v) is 4.82. The van der Waals surface area contributed by atoms with E-state index in [1.165, 1.54) is 17.4 Å². The lowest BCUT2D eigenvalue weighted by Crippen LogP contribution is -2.23. The second kappa shape index (κ2) is 6.33. The largest absolute Gasteiger partial charge is 0.388 e. The van der Waals surface area contributed by atoms with Crippen molar-refractivity contribution in [2.24, 2.45) is 0 Å². The molecule has 0 fully saturated rings. The zero-order valence-corrected chi connectivity index (χ0v) is 11.1. The number of hydrogen-bond donors (Lipinski definition) is 1. The summed E-state index contributed by atoms with van der Waals surface area (Å²) in [5.74, 6) is 0. The molecule has 1 rings (SSSR count). The van der Waals surface area contributed by atoms with Crippen LogP contribution in [0.3, 0.4) is 0 Å². The first-order chi connectivity index (χ1) is 8.51. The van der Waals surface area contributed by atoms with Gasteiger partial charge in [-0.15, -0.1) is 11.3 Å². The van der Waals surface area contributed by atoms with Gasteiger partial charge in [-0.1, -0.05) is 0 Å². The number of hydrogen-bond acceptors (Lipinski definition) is 6. The van der Waals surface area contributed by atoms with Gasteiger partial charge in [-0.05, 0) is 13.8 Å². The monoisotopic (exact) mass is 269 g/mol. The fourth-order valence-electron chi connectivity index (χ4n) is 1.54. The molecule has 0 radical (unpaired) electrons. The standard InChI is InChI=1S/C11H15N3O3S/c1-3-13(6-4-5-12)11-9(14(16)17)7-10(18-11)8(2)15/h7-8,15H,3-4,6H2,1-2H3/t8-/m0/s1. The van der Waals surface area contributed by atoms with E-state index in [0.29, 0.717) is 29.4 Å². The number of aliphatic hydroxyl groups is 1. The van der Waals surface area contributed by atoms with Crippen LogP contribution in [-0.4, -0.2) is 23.1 Å². The van der Waals surface area contributed by atoms with Crippen LogP contribution in [0.4, 0.5) is 10.7 Å². The first kappa shape index (κ1) is 14.4. The summed E-state index contributed by atoms with van der Waals surface area (Å²) in [6.07, 6.45) is -0.412. The van der Waals surface area contributed by atoms with E-state index in [1.54, 1.807) is 11.8 Å². The molecule has 0 bridgehead atoms. The van der Waals surface area contributed by atoms with Crippen molar-refractivity contribution < 1.29 is 10.0 Å². The molecule has 0 aliphatic carbocycles. The maximum Gasteiger partial charge on any atom is 0.304 e. The highest BCUT2D eigenvalue weighted by Gasteiger charge is 2.24. The summed E-state index contributed by atoms with van der Waals surface area (Å²) in [6, 6.07) is 3.43. The molecule has 0 unspecified atom stereocenters. The van der Waals surface area contributed by atoms with Crippen molar-refractivity contribution in [1.29, 1.82) is 5.26 Å². The van der Waals surface area contributed by atoms with Gasteiger partial charge < -0.3 is 10.0 Å². The maximum absolute atomic E-state index is 11.0. The fraction of sp³-hybridized carbons (Fsp3) is 0.545. The highest BCUT2D eigenvalue weighted by Crippen LogP contribution is 2.40. The highest BCUT2D eigenvalue weighted by molar-refractivity contribution is 7.16. The highest BCUT2D eigenvalue weighted by atomic mass is 32.1. The van der Waals surface area contributed by atoms with Gasteiger partial charge in [0, 0.05) is 24.0 Å². The van der Waals surface area contributed by atoms with Crippen LogP contribution in [0, 0.1) is 21.4 Å². The Hall–Kier alpha value is -1.65. The van der Waals surface area contributed by atoms with Crippen molar-refractivity contribution in [3.63, 3.8) is 0 Å². The second-order valence-electron chi connectivity index (χ2n) is 3.76. The zero-order valence-electron chi connectivity index (χ0n) is 10.3. The Morgan fingerprint density at radius 1 is 1.72 bits per heavy atom. The van der Waals surface area contributed by atoms with Gasteiger partial charge in [-0.2, -0.15) is 5.26 Å². The molecule has 0 saturated carbocycles. The van der Waals surface area contributed by atoms with Gasteiger partial charge in [0.05, 0.1) is 23.5 Å². The lowest BCUT2D eigenvalue weighted by molar-refractivity contribution is -0.383. The third-order valence-electron chi connectivity index (χ3n) is 2.48. The van der Waals surface area contributed by atoms with Gasteiger partial charge in [-0.3, -0.25) is 10.1 Å². The minimum atomic E-state index is -0.725. The average Bonchev–Trinajstić information content (AvgIpc) is 2.75. The summed E-state index contributed by atoms with van der Waals surface area (Å²) >= 11 is 1.20. The first-order valence-electron chi connectivity index (χ1n) is 5.59. The van der Waals surface area contributed by atoms with Crippen LogP contribution >= 0.6 is 11.3 Å². The normalized spacial score (nSPS) is 11.9. The Morgan fingerprint density at radius 2 is 2.39 bits per heavy atom. The van der Waals surface area contributed by atoms with Gasteiger partial charge >= 0.3 is 5.69 Å². The number of nitrogens with zero attached hydrogens (tertiary/aromatic N) is 3. The van der Waals surface area contributed by atoms with E-state index in [2.05, 4.69) is 0 Å². The van der Waals surface area contributed by atoms with E-state index in [4.69, 9.17) is 5.26 Å². The molecular weight excluding hydrogens is 254 g/mol. The molecule has 0 aliphatic rings. The van der Waals surface area contributed by atoms with E-state index >= 15 is 0 Å². The number of thiophene rings is 1. The topological polar surface area (TPSA) is 90.4 Å². The van der Waals surface area contributed by atoms with E-state index in [-0.39, 0.29) is 5.69 Å². The molecular formula is C11H15N3O3S. The summed E-state index contributed by atoms with van der Waals surface area (Å²) < 4.78 is 0. The molecule has 0 spiro atoms. The van der Waals surface area contributed by atoms with Crippen LogP contribution in [0.1, 0.15) is 31.2 Å². The molecule has 1 atom stereocenters. The third-order valence-corrected chi connectivity index (χ3v) is 3.84.